The predicted octanol–water partition coefficient (Wildman–Crippen LogP) is 3.58. The van der Waals surface area contributed by atoms with E-state index in [1.54, 1.807) is 6.07 Å². The summed E-state index contributed by atoms with van der Waals surface area (Å²) in [7, 11) is 0. The van der Waals surface area contributed by atoms with Crippen molar-refractivity contribution in [3.05, 3.63) is 48.3 Å². The van der Waals surface area contributed by atoms with Gasteiger partial charge in [-0.15, -0.1) is 0 Å². The van der Waals surface area contributed by atoms with Crippen molar-refractivity contribution in [1.29, 1.82) is 0 Å². The largest absolute Gasteiger partial charge is 0.460 e. The molecular weight excluding hydrogens is 299 g/mol. The second kappa shape index (κ2) is 4.87. The summed E-state index contributed by atoms with van der Waals surface area (Å²) in [4.78, 5) is 24.4. The van der Waals surface area contributed by atoms with Gasteiger partial charge in [0.1, 0.15) is 5.82 Å². The Kier molecular flexibility index (Phi) is 3.13. The lowest BCUT2D eigenvalue weighted by atomic mass is 10.1. The van der Waals surface area contributed by atoms with E-state index in [0.717, 1.165) is 12.3 Å². The van der Waals surface area contributed by atoms with Gasteiger partial charge in [0.25, 0.3) is 5.78 Å². The molecule has 22 heavy (non-hydrogen) atoms. The number of furan rings is 1. The van der Waals surface area contributed by atoms with Crippen molar-refractivity contribution in [3.63, 3.8) is 0 Å². The highest BCUT2D eigenvalue weighted by molar-refractivity contribution is 6.09. The molecule has 0 bridgehead atoms. The summed E-state index contributed by atoms with van der Waals surface area (Å²) in [6, 6.07) is 5.51. The molecule has 0 saturated carbocycles. The maximum Gasteiger partial charge on any atom is 0.367 e. The standard InChI is InChI=1S/C15H8F3NO3/c16-11-3-1-2-9-10(5-19-13(9)11)8-4-12(22-6-8)14(21)15(17,18)7-20/h1-7,19H. The summed E-state index contributed by atoms with van der Waals surface area (Å²) in [5.74, 6) is -6.96. The molecule has 112 valence electrons. The quantitative estimate of drug-likeness (QED) is 0.455. The van der Waals surface area contributed by atoms with Crippen LogP contribution >= 0.6 is 0 Å². The molecule has 0 spiro atoms. The van der Waals surface area contributed by atoms with Crippen LogP contribution in [0.3, 0.4) is 0 Å². The Hall–Kier alpha value is -2.83. The van der Waals surface area contributed by atoms with E-state index in [-0.39, 0.29) is 5.52 Å². The van der Waals surface area contributed by atoms with Gasteiger partial charge in [-0.1, -0.05) is 12.1 Å². The maximum absolute atomic E-state index is 13.6. The number of nitrogens with one attached hydrogen (secondary N) is 1. The number of aromatic amines is 1. The lowest BCUT2D eigenvalue weighted by molar-refractivity contribution is -0.123. The Balaban J connectivity index is 2.05. The van der Waals surface area contributed by atoms with Crippen molar-refractivity contribution in [2.75, 3.05) is 0 Å². The number of halogens is 3. The van der Waals surface area contributed by atoms with Gasteiger partial charge in [-0.3, -0.25) is 9.59 Å². The maximum atomic E-state index is 13.6. The summed E-state index contributed by atoms with van der Waals surface area (Å²) >= 11 is 0. The number of Topliss-reactive ketones (excluding diaryl/α,β-unsaturated/α-hetero) is 1. The lowest BCUT2D eigenvalue weighted by Crippen LogP contribution is -2.29. The first-order valence-electron chi connectivity index (χ1n) is 6.17. The number of alkyl halides is 2. The number of carbonyl (C=O) groups excluding carboxylic acids is 2. The number of ketones is 1. The Labute approximate surface area is 121 Å². The van der Waals surface area contributed by atoms with Crippen LogP contribution in [0.2, 0.25) is 0 Å². The van der Waals surface area contributed by atoms with Gasteiger partial charge in [-0.25, -0.2) is 4.39 Å². The van der Waals surface area contributed by atoms with Crippen molar-refractivity contribution in [1.82, 2.24) is 4.98 Å². The fourth-order valence-electron chi connectivity index (χ4n) is 2.17. The monoisotopic (exact) mass is 307 g/mol. The van der Waals surface area contributed by atoms with Crippen LogP contribution in [0, 0.1) is 5.82 Å². The first-order valence-corrected chi connectivity index (χ1v) is 6.17. The number of fused-ring (bicyclic) bond motifs is 1. The predicted molar refractivity (Wildman–Crippen MR) is 71.3 cm³/mol. The second-order valence-electron chi connectivity index (χ2n) is 4.63. The Morgan fingerprint density at radius 2 is 2.09 bits per heavy atom. The van der Waals surface area contributed by atoms with E-state index in [2.05, 4.69) is 4.98 Å². The number of hydrogen-bond acceptors (Lipinski definition) is 3. The van der Waals surface area contributed by atoms with Crippen LogP contribution in [0.15, 0.2) is 41.1 Å². The molecule has 3 aromatic rings. The van der Waals surface area contributed by atoms with Crippen LogP contribution in [0.25, 0.3) is 22.0 Å². The van der Waals surface area contributed by atoms with Gasteiger partial charge in [0.2, 0.25) is 0 Å². The third-order valence-electron chi connectivity index (χ3n) is 3.25. The molecule has 2 aromatic heterocycles. The van der Waals surface area contributed by atoms with E-state index in [0.29, 0.717) is 16.5 Å². The number of H-pyrrole nitrogens is 1. The average molecular weight is 307 g/mol. The Morgan fingerprint density at radius 1 is 1.32 bits per heavy atom. The second-order valence-corrected chi connectivity index (χ2v) is 4.63. The van der Waals surface area contributed by atoms with Gasteiger partial charge in [0.15, 0.2) is 12.0 Å². The fraction of sp³-hybridized carbons (Fsp3) is 0.0667. The van der Waals surface area contributed by atoms with Gasteiger partial charge in [-0.05, 0) is 12.1 Å². The molecule has 3 rings (SSSR count). The van der Waals surface area contributed by atoms with Crippen LogP contribution < -0.4 is 0 Å². The van der Waals surface area contributed by atoms with Crippen molar-refractivity contribution >= 4 is 23.0 Å². The lowest BCUT2D eigenvalue weighted by Gasteiger charge is -2.03. The zero-order chi connectivity index (χ0) is 15.9. The molecule has 0 unspecified atom stereocenters. The van der Waals surface area contributed by atoms with Gasteiger partial charge in [0, 0.05) is 22.7 Å². The zero-order valence-corrected chi connectivity index (χ0v) is 10.9. The molecule has 0 saturated heterocycles. The van der Waals surface area contributed by atoms with Crippen molar-refractivity contribution < 1.29 is 27.2 Å². The minimum Gasteiger partial charge on any atom is -0.460 e. The van der Waals surface area contributed by atoms with Crippen molar-refractivity contribution in [3.8, 4) is 11.1 Å². The Morgan fingerprint density at radius 3 is 2.82 bits per heavy atom. The van der Waals surface area contributed by atoms with Gasteiger partial charge in [0.05, 0.1) is 11.8 Å². The molecule has 1 N–H and O–H groups in total. The Bertz CT molecular complexity index is 879. The van der Waals surface area contributed by atoms with Crippen LogP contribution in [0.5, 0.6) is 0 Å². The van der Waals surface area contributed by atoms with Gasteiger partial charge >= 0.3 is 5.92 Å². The number of para-hydroxylation sites is 1. The van der Waals surface area contributed by atoms with Crippen LogP contribution in [-0.2, 0) is 4.79 Å². The highest BCUT2D eigenvalue weighted by atomic mass is 19.3. The highest BCUT2D eigenvalue weighted by Crippen LogP contribution is 2.32. The number of hydrogen-bond donors (Lipinski definition) is 1. The van der Waals surface area contributed by atoms with Gasteiger partial charge < -0.3 is 9.40 Å². The molecule has 0 aliphatic heterocycles. The molecule has 7 heteroatoms. The van der Waals surface area contributed by atoms with Crippen LogP contribution in [0.4, 0.5) is 13.2 Å². The van der Waals surface area contributed by atoms with Gasteiger partial charge in [-0.2, -0.15) is 8.78 Å². The third kappa shape index (κ3) is 2.11. The van der Waals surface area contributed by atoms with E-state index < -0.39 is 29.6 Å². The van der Waals surface area contributed by atoms with E-state index in [9.17, 15) is 22.8 Å². The molecule has 0 aliphatic rings. The summed E-state index contributed by atoms with van der Waals surface area (Å²) in [5.41, 5.74) is 1.07. The smallest absolute Gasteiger partial charge is 0.367 e. The molecule has 1 aromatic carbocycles. The van der Waals surface area contributed by atoms with Crippen LogP contribution in [-0.4, -0.2) is 23.0 Å². The van der Waals surface area contributed by atoms with Crippen LogP contribution in [0.1, 0.15) is 10.6 Å². The van der Waals surface area contributed by atoms with E-state index in [1.165, 1.54) is 18.3 Å². The number of aldehydes is 1. The molecular formula is C15H8F3NO3. The average Bonchev–Trinajstić information content (AvgIpc) is 3.13. The summed E-state index contributed by atoms with van der Waals surface area (Å²) in [5, 5.41) is 0.516. The topological polar surface area (TPSA) is 63.1 Å². The van der Waals surface area contributed by atoms with Crippen molar-refractivity contribution in [2.24, 2.45) is 0 Å². The van der Waals surface area contributed by atoms with Crippen molar-refractivity contribution in [2.45, 2.75) is 5.92 Å². The minimum absolute atomic E-state index is 0.254. The molecule has 4 nitrogen and oxygen atoms in total. The fourth-order valence-corrected chi connectivity index (χ4v) is 2.17. The number of rotatable bonds is 4. The number of benzene rings is 1. The molecule has 0 fully saturated rings. The molecule has 2 heterocycles. The molecule has 0 aliphatic carbocycles. The molecule has 0 atom stereocenters. The third-order valence-corrected chi connectivity index (χ3v) is 3.25. The van der Waals surface area contributed by atoms with E-state index >= 15 is 0 Å². The summed E-state index contributed by atoms with van der Waals surface area (Å²) in [6.07, 6.45) is 1.84. The normalized spacial score (nSPS) is 11.8. The highest BCUT2D eigenvalue weighted by Gasteiger charge is 2.41. The first kappa shape index (κ1) is 14.1. The van der Waals surface area contributed by atoms with E-state index in [4.69, 9.17) is 4.42 Å². The first-order chi connectivity index (χ1) is 10.4. The SMILES string of the molecule is O=CC(F)(F)C(=O)c1cc(-c2c[nH]c3c(F)cccc23)co1. The molecule has 0 amide bonds. The summed E-state index contributed by atoms with van der Waals surface area (Å²) < 4.78 is 44.5. The molecule has 0 radical (unpaired) electrons. The minimum atomic E-state index is -4.14. The van der Waals surface area contributed by atoms with E-state index in [1.807, 2.05) is 0 Å². The number of carbonyl (C=O) groups is 2. The zero-order valence-electron chi connectivity index (χ0n) is 10.9. The number of aromatic nitrogens is 1. The summed E-state index contributed by atoms with van der Waals surface area (Å²) in [6.45, 7) is 0.